The second kappa shape index (κ2) is 7.30. The van der Waals surface area contributed by atoms with E-state index in [-0.39, 0.29) is 0 Å². The molecule has 1 N–H and O–H groups in total. The van der Waals surface area contributed by atoms with Crippen molar-refractivity contribution in [2.45, 2.75) is 51.6 Å². The number of unbranched alkanes of at least 4 members (excludes halogenated alkanes) is 2. The summed E-state index contributed by atoms with van der Waals surface area (Å²) in [4.78, 5) is 2.35. The predicted octanol–water partition coefficient (Wildman–Crippen LogP) is 4.33. The lowest BCUT2D eigenvalue weighted by Gasteiger charge is -2.20. The van der Waals surface area contributed by atoms with Gasteiger partial charge in [-0.3, -0.25) is 0 Å². The highest BCUT2D eigenvalue weighted by Crippen LogP contribution is 2.25. The standard InChI is InChI=1S/C16H25BrN2/c1-3-4-5-10-19(2)15-9-6-13(16(17)11-15)12-18-14-7-8-14/h6,9,11,14,18H,3-5,7-8,10,12H2,1-2H3. The molecule has 0 atom stereocenters. The lowest BCUT2D eigenvalue weighted by molar-refractivity contribution is 0.685. The summed E-state index contributed by atoms with van der Waals surface area (Å²) in [6.07, 6.45) is 6.56. The normalized spacial score (nSPS) is 14.7. The predicted molar refractivity (Wildman–Crippen MR) is 86.8 cm³/mol. The summed E-state index contributed by atoms with van der Waals surface area (Å²) in [5.74, 6) is 0. The number of hydrogen-bond acceptors (Lipinski definition) is 2. The van der Waals surface area contributed by atoms with Gasteiger partial charge in [0, 0.05) is 36.3 Å². The molecule has 0 heterocycles. The van der Waals surface area contributed by atoms with Crippen LogP contribution >= 0.6 is 15.9 Å². The maximum Gasteiger partial charge on any atom is 0.0375 e. The Morgan fingerprint density at radius 3 is 2.74 bits per heavy atom. The molecule has 1 aliphatic carbocycles. The summed E-state index contributed by atoms with van der Waals surface area (Å²) < 4.78 is 1.22. The van der Waals surface area contributed by atoms with Gasteiger partial charge in [-0.25, -0.2) is 0 Å². The molecule has 2 rings (SSSR count). The Balaban J connectivity index is 1.88. The molecule has 0 radical (unpaired) electrons. The summed E-state index contributed by atoms with van der Waals surface area (Å²) in [5, 5.41) is 3.56. The first-order valence-corrected chi connectivity index (χ1v) is 8.23. The fourth-order valence-corrected chi connectivity index (χ4v) is 2.69. The zero-order valence-electron chi connectivity index (χ0n) is 12.1. The quantitative estimate of drug-likeness (QED) is 0.716. The minimum atomic E-state index is 0.767. The Kier molecular flexibility index (Phi) is 5.71. The first-order chi connectivity index (χ1) is 9.20. The van der Waals surface area contributed by atoms with Crippen molar-refractivity contribution < 1.29 is 0 Å². The van der Waals surface area contributed by atoms with Gasteiger partial charge in [-0.05, 0) is 37.0 Å². The molecular weight excluding hydrogens is 300 g/mol. The van der Waals surface area contributed by atoms with Crippen LogP contribution < -0.4 is 10.2 Å². The van der Waals surface area contributed by atoms with Crippen LogP contribution in [0.25, 0.3) is 0 Å². The summed E-state index contributed by atoms with van der Waals surface area (Å²) in [7, 11) is 2.18. The Hall–Kier alpha value is -0.540. The van der Waals surface area contributed by atoms with Crippen LogP contribution in [0.4, 0.5) is 5.69 Å². The molecule has 0 unspecified atom stereocenters. The molecule has 1 aromatic carbocycles. The molecule has 0 spiro atoms. The molecule has 0 saturated heterocycles. The highest BCUT2D eigenvalue weighted by molar-refractivity contribution is 9.10. The number of rotatable bonds is 8. The van der Waals surface area contributed by atoms with Crippen LogP contribution in [-0.4, -0.2) is 19.6 Å². The molecule has 2 nitrogen and oxygen atoms in total. The van der Waals surface area contributed by atoms with E-state index < -0.39 is 0 Å². The third-order valence-electron chi connectivity index (χ3n) is 3.73. The van der Waals surface area contributed by atoms with Crippen LogP contribution in [0.5, 0.6) is 0 Å². The molecule has 19 heavy (non-hydrogen) atoms. The van der Waals surface area contributed by atoms with Gasteiger partial charge >= 0.3 is 0 Å². The SMILES string of the molecule is CCCCCN(C)c1ccc(CNC2CC2)c(Br)c1. The largest absolute Gasteiger partial charge is 0.375 e. The topological polar surface area (TPSA) is 15.3 Å². The molecule has 1 saturated carbocycles. The number of nitrogens with zero attached hydrogens (tertiary/aromatic N) is 1. The molecule has 3 heteroatoms. The molecule has 1 fully saturated rings. The summed E-state index contributed by atoms with van der Waals surface area (Å²) in [5.41, 5.74) is 2.66. The third-order valence-corrected chi connectivity index (χ3v) is 4.47. The Morgan fingerprint density at radius 2 is 2.11 bits per heavy atom. The van der Waals surface area contributed by atoms with E-state index in [1.54, 1.807) is 0 Å². The molecule has 1 aliphatic rings. The molecular formula is C16H25BrN2. The van der Waals surface area contributed by atoms with Gasteiger partial charge in [0.1, 0.15) is 0 Å². The van der Waals surface area contributed by atoms with Crippen LogP contribution in [0.2, 0.25) is 0 Å². The van der Waals surface area contributed by atoms with E-state index in [0.29, 0.717) is 0 Å². The first-order valence-electron chi connectivity index (χ1n) is 7.43. The zero-order valence-corrected chi connectivity index (χ0v) is 13.7. The summed E-state index contributed by atoms with van der Waals surface area (Å²) >= 11 is 3.70. The van der Waals surface area contributed by atoms with Gasteiger partial charge in [0.15, 0.2) is 0 Å². The van der Waals surface area contributed by atoms with Crippen molar-refractivity contribution in [3.05, 3.63) is 28.2 Å². The molecule has 0 amide bonds. The van der Waals surface area contributed by atoms with Crippen LogP contribution in [0.1, 0.15) is 44.6 Å². The Bertz CT molecular complexity index is 402. The molecule has 106 valence electrons. The average Bonchev–Trinajstić information content (AvgIpc) is 3.21. The fourth-order valence-electron chi connectivity index (χ4n) is 2.19. The van der Waals surface area contributed by atoms with E-state index >= 15 is 0 Å². The number of anilines is 1. The number of halogens is 1. The maximum absolute atomic E-state index is 3.70. The van der Waals surface area contributed by atoms with Crippen molar-refractivity contribution in [2.75, 3.05) is 18.5 Å². The van der Waals surface area contributed by atoms with E-state index in [0.717, 1.165) is 19.1 Å². The minimum absolute atomic E-state index is 0.767. The van der Waals surface area contributed by atoms with Crippen LogP contribution in [0, 0.1) is 0 Å². The minimum Gasteiger partial charge on any atom is -0.375 e. The van der Waals surface area contributed by atoms with Gasteiger partial charge < -0.3 is 10.2 Å². The van der Waals surface area contributed by atoms with Crippen molar-refractivity contribution in [3.63, 3.8) is 0 Å². The highest BCUT2D eigenvalue weighted by atomic mass is 79.9. The number of nitrogens with one attached hydrogen (secondary N) is 1. The van der Waals surface area contributed by atoms with Gasteiger partial charge in [-0.2, -0.15) is 0 Å². The van der Waals surface area contributed by atoms with E-state index in [2.05, 4.69) is 58.3 Å². The van der Waals surface area contributed by atoms with Crippen molar-refractivity contribution in [2.24, 2.45) is 0 Å². The van der Waals surface area contributed by atoms with Crippen LogP contribution in [0.3, 0.4) is 0 Å². The van der Waals surface area contributed by atoms with Gasteiger partial charge in [-0.1, -0.05) is 41.8 Å². The van der Waals surface area contributed by atoms with E-state index in [4.69, 9.17) is 0 Å². The Morgan fingerprint density at radius 1 is 1.32 bits per heavy atom. The van der Waals surface area contributed by atoms with Crippen LogP contribution in [-0.2, 0) is 6.54 Å². The second-order valence-corrected chi connectivity index (χ2v) is 6.41. The van der Waals surface area contributed by atoms with Gasteiger partial charge in [0.2, 0.25) is 0 Å². The second-order valence-electron chi connectivity index (χ2n) is 5.56. The van der Waals surface area contributed by atoms with Crippen molar-refractivity contribution in [1.29, 1.82) is 0 Å². The lowest BCUT2D eigenvalue weighted by atomic mass is 10.2. The molecule has 0 aliphatic heterocycles. The highest BCUT2D eigenvalue weighted by Gasteiger charge is 2.20. The Labute approximate surface area is 125 Å². The number of benzene rings is 1. The molecule has 1 aromatic rings. The van der Waals surface area contributed by atoms with Crippen molar-refractivity contribution in [3.8, 4) is 0 Å². The lowest BCUT2D eigenvalue weighted by Crippen LogP contribution is -2.19. The fraction of sp³-hybridized carbons (Fsp3) is 0.625. The molecule has 0 bridgehead atoms. The van der Waals surface area contributed by atoms with Crippen LogP contribution in [0.15, 0.2) is 22.7 Å². The van der Waals surface area contributed by atoms with E-state index in [1.807, 2.05) is 0 Å². The molecule has 0 aromatic heterocycles. The average molecular weight is 325 g/mol. The van der Waals surface area contributed by atoms with Gasteiger partial charge in [0.05, 0.1) is 0 Å². The van der Waals surface area contributed by atoms with E-state index in [9.17, 15) is 0 Å². The smallest absolute Gasteiger partial charge is 0.0375 e. The summed E-state index contributed by atoms with van der Waals surface area (Å²) in [6.45, 7) is 4.36. The first kappa shape index (κ1) is 14.9. The van der Waals surface area contributed by atoms with E-state index in [1.165, 1.54) is 47.8 Å². The van der Waals surface area contributed by atoms with Crippen molar-refractivity contribution >= 4 is 21.6 Å². The monoisotopic (exact) mass is 324 g/mol. The third kappa shape index (κ3) is 4.81. The number of hydrogen-bond donors (Lipinski definition) is 1. The maximum atomic E-state index is 3.70. The summed E-state index contributed by atoms with van der Waals surface area (Å²) in [6, 6.07) is 7.49. The van der Waals surface area contributed by atoms with Crippen molar-refractivity contribution in [1.82, 2.24) is 5.32 Å². The zero-order chi connectivity index (χ0) is 13.7. The van der Waals surface area contributed by atoms with Gasteiger partial charge in [0.25, 0.3) is 0 Å². The van der Waals surface area contributed by atoms with Gasteiger partial charge in [-0.15, -0.1) is 0 Å².